The number of rotatable bonds is 4. The van der Waals surface area contributed by atoms with Gasteiger partial charge in [-0.1, -0.05) is 35.3 Å². The van der Waals surface area contributed by atoms with Crippen LogP contribution in [0.1, 0.15) is 5.56 Å². The Hall–Kier alpha value is -1.49. The molecule has 2 N–H and O–H groups in total. The van der Waals surface area contributed by atoms with E-state index in [2.05, 4.69) is 10.6 Å². The molecule has 0 unspecified atom stereocenters. The summed E-state index contributed by atoms with van der Waals surface area (Å²) in [6.45, 7) is 0.615. The highest BCUT2D eigenvalue weighted by atomic mass is 35.5. The zero-order valence-corrected chi connectivity index (χ0v) is 13.6. The lowest BCUT2D eigenvalue weighted by Crippen LogP contribution is -2.27. The molecule has 2 aromatic carbocycles. The highest BCUT2D eigenvalue weighted by Crippen LogP contribution is 2.22. The molecule has 0 saturated heterocycles. The van der Waals surface area contributed by atoms with Crippen molar-refractivity contribution < 1.29 is 4.74 Å². The first-order chi connectivity index (χ1) is 10.1. The molecule has 110 valence electrons. The molecule has 2 aromatic rings. The molecule has 0 saturated carbocycles. The fourth-order valence-electron chi connectivity index (χ4n) is 1.73. The van der Waals surface area contributed by atoms with Crippen molar-refractivity contribution >= 4 is 46.2 Å². The van der Waals surface area contributed by atoms with E-state index < -0.39 is 0 Å². The minimum absolute atomic E-state index is 0.504. The predicted octanol–water partition coefficient (Wildman–Crippen LogP) is 4.49. The number of nitrogens with one attached hydrogen (secondary N) is 2. The normalized spacial score (nSPS) is 10.0. The van der Waals surface area contributed by atoms with Crippen molar-refractivity contribution in [2.45, 2.75) is 6.54 Å². The smallest absolute Gasteiger partial charge is 0.171 e. The summed E-state index contributed by atoms with van der Waals surface area (Å²) >= 11 is 17.1. The van der Waals surface area contributed by atoms with Crippen molar-refractivity contribution in [3.8, 4) is 5.75 Å². The van der Waals surface area contributed by atoms with Crippen LogP contribution in [0.5, 0.6) is 5.75 Å². The number of anilines is 1. The van der Waals surface area contributed by atoms with Gasteiger partial charge in [0.25, 0.3) is 0 Å². The zero-order chi connectivity index (χ0) is 15.2. The minimum Gasteiger partial charge on any atom is -0.497 e. The van der Waals surface area contributed by atoms with Crippen LogP contribution in [0, 0.1) is 0 Å². The minimum atomic E-state index is 0.504. The molecule has 0 fully saturated rings. The van der Waals surface area contributed by atoms with Gasteiger partial charge in [0.15, 0.2) is 5.11 Å². The second kappa shape index (κ2) is 7.50. The Morgan fingerprint density at radius 2 is 1.71 bits per heavy atom. The second-order valence-electron chi connectivity index (χ2n) is 4.31. The third-order valence-electron chi connectivity index (χ3n) is 2.73. The van der Waals surface area contributed by atoms with Crippen molar-refractivity contribution in [1.29, 1.82) is 0 Å². The molecule has 0 aliphatic carbocycles. The van der Waals surface area contributed by atoms with Crippen molar-refractivity contribution in [2.75, 3.05) is 12.4 Å². The van der Waals surface area contributed by atoms with E-state index in [-0.39, 0.29) is 0 Å². The first-order valence-corrected chi connectivity index (χ1v) is 7.37. The Morgan fingerprint density at radius 1 is 1.10 bits per heavy atom. The first kappa shape index (κ1) is 15.9. The Kier molecular flexibility index (Phi) is 5.67. The number of benzene rings is 2. The number of hydrogen-bond acceptors (Lipinski definition) is 2. The predicted molar refractivity (Wildman–Crippen MR) is 92.5 cm³/mol. The van der Waals surface area contributed by atoms with Gasteiger partial charge in [-0.2, -0.15) is 0 Å². The van der Waals surface area contributed by atoms with Gasteiger partial charge in [0.05, 0.1) is 7.11 Å². The summed E-state index contributed by atoms with van der Waals surface area (Å²) in [5, 5.41) is 7.78. The van der Waals surface area contributed by atoms with Gasteiger partial charge in [0.1, 0.15) is 5.75 Å². The summed E-state index contributed by atoms with van der Waals surface area (Å²) in [6.07, 6.45) is 0. The van der Waals surface area contributed by atoms with Gasteiger partial charge >= 0.3 is 0 Å². The van der Waals surface area contributed by atoms with E-state index in [0.717, 1.165) is 17.0 Å². The van der Waals surface area contributed by atoms with Crippen LogP contribution < -0.4 is 15.4 Å². The van der Waals surface area contributed by atoms with Crippen LogP contribution in [0.2, 0.25) is 10.0 Å². The molecule has 0 bridgehead atoms. The largest absolute Gasteiger partial charge is 0.497 e. The number of methoxy groups -OCH3 is 1. The lowest BCUT2D eigenvalue weighted by Gasteiger charge is -2.11. The second-order valence-corrected chi connectivity index (χ2v) is 5.59. The van der Waals surface area contributed by atoms with Crippen molar-refractivity contribution in [3.63, 3.8) is 0 Å². The van der Waals surface area contributed by atoms with Crippen LogP contribution in [-0.4, -0.2) is 12.2 Å². The van der Waals surface area contributed by atoms with Crippen molar-refractivity contribution in [2.24, 2.45) is 0 Å². The Balaban J connectivity index is 1.89. The summed E-state index contributed by atoms with van der Waals surface area (Å²) in [6, 6.07) is 13.0. The molecular formula is C15H14Cl2N2OS. The van der Waals surface area contributed by atoms with Gasteiger partial charge in [0.2, 0.25) is 0 Å². The van der Waals surface area contributed by atoms with Crippen LogP contribution in [0.4, 0.5) is 5.69 Å². The standard InChI is InChI=1S/C15H14Cl2N2OS/c1-20-14-4-2-10(3-5-14)9-18-15(21)19-13-7-11(16)6-12(17)8-13/h2-8H,9H2,1H3,(H2,18,19,21). The average molecular weight is 341 g/mol. The molecule has 0 spiro atoms. The molecular weight excluding hydrogens is 327 g/mol. The lowest BCUT2D eigenvalue weighted by molar-refractivity contribution is 0.414. The molecule has 0 heterocycles. The topological polar surface area (TPSA) is 33.3 Å². The molecule has 0 radical (unpaired) electrons. The summed E-state index contributed by atoms with van der Waals surface area (Å²) in [5.74, 6) is 0.827. The van der Waals surface area contributed by atoms with Crippen LogP contribution in [0.15, 0.2) is 42.5 Å². The van der Waals surface area contributed by atoms with Gasteiger partial charge in [-0.3, -0.25) is 0 Å². The maximum absolute atomic E-state index is 5.94. The van der Waals surface area contributed by atoms with Crippen LogP contribution >= 0.6 is 35.4 Å². The maximum atomic E-state index is 5.94. The van der Waals surface area contributed by atoms with E-state index in [0.29, 0.717) is 21.7 Å². The molecule has 0 amide bonds. The van der Waals surface area contributed by atoms with E-state index in [1.807, 2.05) is 24.3 Å². The summed E-state index contributed by atoms with van der Waals surface area (Å²) in [4.78, 5) is 0. The van der Waals surface area contributed by atoms with Crippen LogP contribution in [-0.2, 0) is 6.54 Å². The fourth-order valence-corrected chi connectivity index (χ4v) is 2.44. The highest BCUT2D eigenvalue weighted by Gasteiger charge is 2.01. The number of hydrogen-bond donors (Lipinski definition) is 2. The molecule has 6 heteroatoms. The molecule has 21 heavy (non-hydrogen) atoms. The number of thiocarbonyl (C=S) groups is 1. The van der Waals surface area contributed by atoms with Crippen LogP contribution in [0.3, 0.4) is 0 Å². The third-order valence-corrected chi connectivity index (χ3v) is 3.42. The van der Waals surface area contributed by atoms with E-state index >= 15 is 0 Å². The van der Waals surface area contributed by atoms with Gasteiger partial charge < -0.3 is 15.4 Å². The van der Waals surface area contributed by atoms with Gasteiger partial charge in [-0.15, -0.1) is 0 Å². The van der Waals surface area contributed by atoms with Gasteiger partial charge in [-0.05, 0) is 48.1 Å². The highest BCUT2D eigenvalue weighted by molar-refractivity contribution is 7.80. The zero-order valence-electron chi connectivity index (χ0n) is 11.3. The third kappa shape index (κ3) is 5.08. The molecule has 0 aromatic heterocycles. The molecule has 0 aliphatic heterocycles. The summed E-state index contributed by atoms with van der Waals surface area (Å²) in [7, 11) is 1.64. The van der Waals surface area contributed by atoms with E-state index in [9.17, 15) is 0 Å². The Bertz CT molecular complexity index is 612. The summed E-state index contributed by atoms with van der Waals surface area (Å²) < 4.78 is 5.11. The van der Waals surface area contributed by atoms with E-state index in [4.69, 9.17) is 40.2 Å². The number of ether oxygens (including phenoxy) is 1. The van der Waals surface area contributed by atoms with Crippen LogP contribution in [0.25, 0.3) is 0 Å². The molecule has 2 rings (SSSR count). The van der Waals surface area contributed by atoms with Crippen molar-refractivity contribution in [1.82, 2.24) is 5.32 Å². The van der Waals surface area contributed by atoms with E-state index in [1.54, 1.807) is 25.3 Å². The number of halogens is 2. The molecule has 3 nitrogen and oxygen atoms in total. The fraction of sp³-hybridized carbons (Fsp3) is 0.133. The quantitative estimate of drug-likeness (QED) is 0.803. The monoisotopic (exact) mass is 340 g/mol. The first-order valence-electron chi connectivity index (χ1n) is 6.20. The SMILES string of the molecule is COc1ccc(CNC(=S)Nc2cc(Cl)cc(Cl)c2)cc1. The molecule has 0 aliphatic rings. The average Bonchev–Trinajstić information content (AvgIpc) is 2.44. The molecule has 0 atom stereocenters. The Morgan fingerprint density at radius 3 is 2.29 bits per heavy atom. The van der Waals surface area contributed by atoms with Gasteiger partial charge in [-0.25, -0.2) is 0 Å². The Labute approximate surface area is 139 Å². The lowest BCUT2D eigenvalue weighted by atomic mass is 10.2. The van der Waals surface area contributed by atoms with E-state index in [1.165, 1.54) is 0 Å². The maximum Gasteiger partial charge on any atom is 0.171 e. The van der Waals surface area contributed by atoms with Crippen molar-refractivity contribution in [3.05, 3.63) is 58.1 Å². The van der Waals surface area contributed by atoms with Gasteiger partial charge in [0, 0.05) is 22.3 Å². The summed E-state index contributed by atoms with van der Waals surface area (Å²) in [5.41, 5.74) is 1.85.